The summed E-state index contributed by atoms with van der Waals surface area (Å²) in [6.07, 6.45) is 10.3. The number of hydrogen-bond donors (Lipinski definition) is 1. The lowest BCUT2D eigenvalue weighted by molar-refractivity contribution is 0.159. The molecule has 8 heteroatoms. The topological polar surface area (TPSA) is 91.8 Å². The molecule has 1 aromatic carbocycles. The number of benzene rings is 1. The molecule has 3 aromatic heterocycles. The van der Waals surface area contributed by atoms with Crippen molar-refractivity contribution in [3.8, 4) is 6.07 Å². The van der Waals surface area contributed by atoms with Crippen LogP contribution in [0.2, 0.25) is 0 Å². The van der Waals surface area contributed by atoms with Crippen LogP contribution in [-0.4, -0.2) is 43.6 Å². The second kappa shape index (κ2) is 9.07. The number of piperidine rings is 1. The highest BCUT2D eigenvalue weighted by Gasteiger charge is 2.25. The Labute approximate surface area is 210 Å². The molecule has 1 N–H and O–H groups in total. The van der Waals surface area contributed by atoms with Gasteiger partial charge in [0.25, 0.3) is 5.56 Å². The Kier molecular flexibility index (Phi) is 5.73. The molecule has 36 heavy (non-hydrogen) atoms. The first-order valence-electron chi connectivity index (χ1n) is 12.9. The van der Waals surface area contributed by atoms with E-state index in [1.54, 1.807) is 16.8 Å². The number of nitrogens with one attached hydrogen (secondary N) is 1. The van der Waals surface area contributed by atoms with Crippen molar-refractivity contribution in [1.29, 1.82) is 5.26 Å². The summed E-state index contributed by atoms with van der Waals surface area (Å²) < 4.78 is 4.14. The van der Waals surface area contributed by atoms with Crippen LogP contribution in [0.15, 0.2) is 47.5 Å². The Morgan fingerprint density at radius 3 is 2.69 bits per heavy atom. The van der Waals surface area contributed by atoms with Crippen LogP contribution >= 0.6 is 0 Å². The monoisotopic (exact) mass is 481 g/mol. The molecule has 1 unspecified atom stereocenters. The molecule has 8 nitrogen and oxygen atoms in total. The second-order valence-electron chi connectivity index (χ2n) is 10.4. The highest BCUT2D eigenvalue weighted by molar-refractivity contribution is 5.85. The second-order valence-corrected chi connectivity index (χ2v) is 10.4. The maximum absolute atomic E-state index is 13.0. The van der Waals surface area contributed by atoms with Gasteiger partial charge in [0.05, 0.1) is 0 Å². The van der Waals surface area contributed by atoms with Crippen molar-refractivity contribution < 1.29 is 0 Å². The molecule has 184 valence electrons. The maximum Gasteiger partial charge on any atom is 0.270 e. The Bertz CT molecular complexity index is 1540. The number of aromatic nitrogens is 4. The molecule has 0 amide bonds. The van der Waals surface area contributed by atoms with E-state index in [0.29, 0.717) is 29.1 Å². The van der Waals surface area contributed by atoms with E-state index in [1.807, 2.05) is 6.07 Å². The predicted octanol–water partition coefficient (Wildman–Crippen LogP) is 5.13. The average molecular weight is 482 g/mol. The summed E-state index contributed by atoms with van der Waals surface area (Å²) in [6, 6.07) is 13.3. The zero-order valence-electron chi connectivity index (χ0n) is 20.8. The van der Waals surface area contributed by atoms with Crippen molar-refractivity contribution in [3.63, 3.8) is 0 Å². The lowest BCUT2D eigenvalue weighted by Gasteiger charge is -2.36. The van der Waals surface area contributed by atoms with E-state index in [-0.39, 0.29) is 17.2 Å². The van der Waals surface area contributed by atoms with Gasteiger partial charge in [-0.3, -0.25) is 9.36 Å². The minimum absolute atomic E-state index is 0.0782. The van der Waals surface area contributed by atoms with Crippen LogP contribution in [0.25, 0.3) is 21.9 Å². The first-order chi connectivity index (χ1) is 17.5. The zero-order chi connectivity index (χ0) is 24.8. The molecule has 2 atom stereocenters. The summed E-state index contributed by atoms with van der Waals surface area (Å²) in [5.74, 6) is 0.446. The lowest BCUT2D eigenvalue weighted by atomic mass is 9.98. The van der Waals surface area contributed by atoms with Gasteiger partial charge in [0.1, 0.15) is 17.3 Å². The Balaban J connectivity index is 1.32. The molecule has 4 heterocycles. The fourth-order valence-corrected chi connectivity index (χ4v) is 5.97. The van der Waals surface area contributed by atoms with Crippen molar-refractivity contribution in [2.24, 2.45) is 0 Å². The maximum atomic E-state index is 13.0. The van der Waals surface area contributed by atoms with Gasteiger partial charge in [-0.05, 0) is 70.0 Å². The first kappa shape index (κ1) is 22.7. The van der Waals surface area contributed by atoms with E-state index in [0.717, 1.165) is 50.8 Å². The minimum atomic E-state index is -0.257. The summed E-state index contributed by atoms with van der Waals surface area (Å²) in [5.41, 5.74) is 2.62. The number of pyridine rings is 1. The Morgan fingerprint density at radius 2 is 1.92 bits per heavy atom. The van der Waals surface area contributed by atoms with Crippen molar-refractivity contribution in [3.05, 3.63) is 58.6 Å². The van der Waals surface area contributed by atoms with Crippen LogP contribution in [0.5, 0.6) is 0 Å². The molecule has 2 fully saturated rings. The normalized spacial score (nSPS) is 21.2. The van der Waals surface area contributed by atoms with Gasteiger partial charge in [-0.25, -0.2) is 4.98 Å². The van der Waals surface area contributed by atoms with Gasteiger partial charge < -0.3 is 14.8 Å². The highest BCUT2D eigenvalue weighted by Crippen LogP contribution is 2.33. The van der Waals surface area contributed by atoms with Gasteiger partial charge in [-0.15, -0.1) is 0 Å². The molecule has 1 aliphatic heterocycles. The third-order valence-electron chi connectivity index (χ3n) is 8.13. The molecule has 1 saturated heterocycles. The third kappa shape index (κ3) is 3.94. The van der Waals surface area contributed by atoms with Crippen molar-refractivity contribution in [2.45, 2.75) is 63.6 Å². The van der Waals surface area contributed by atoms with Gasteiger partial charge >= 0.3 is 0 Å². The van der Waals surface area contributed by atoms with E-state index in [4.69, 9.17) is 4.98 Å². The smallest absolute Gasteiger partial charge is 0.270 e. The molecule has 1 saturated carbocycles. The van der Waals surface area contributed by atoms with E-state index in [9.17, 15) is 10.1 Å². The van der Waals surface area contributed by atoms with Gasteiger partial charge in [0, 0.05) is 59.0 Å². The summed E-state index contributed by atoms with van der Waals surface area (Å²) in [6.45, 7) is 3.42. The summed E-state index contributed by atoms with van der Waals surface area (Å²) in [4.78, 5) is 24.7. The van der Waals surface area contributed by atoms with E-state index in [2.05, 4.69) is 64.2 Å². The Hall–Kier alpha value is -3.70. The van der Waals surface area contributed by atoms with Crippen LogP contribution in [0.4, 0.5) is 11.6 Å². The molecule has 2 aliphatic rings. The summed E-state index contributed by atoms with van der Waals surface area (Å²) in [5, 5.41) is 14.7. The predicted molar refractivity (Wildman–Crippen MR) is 142 cm³/mol. The molecular formula is C28H31N7O. The summed E-state index contributed by atoms with van der Waals surface area (Å²) in [7, 11) is 2.21. The van der Waals surface area contributed by atoms with Crippen molar-refractivity contribution in [1.82, 2.24) is 24.0 Å². The van der Waals surface area contributed by atoms with Crippen molar-refractivity contribution >= 4 is 33.6 Å². The van der Waals surface area contributed by atoms with E-state index < -0.39 is 0 Å². The fourth-order valence-electron chi connectivity index (χ4n) is 5.97. The fraction of sp³-hybridized carbons (Fsp3) is 0.429. The summed E-state index contributed by atoms with van der Waals surface area (Å²) >= 11 is 0. The molecular weight excluding hydrogens is 450 g/mol. The molecule has 0 spiro atoms. The largest absolute Gasteiger partial charge is 0.344 e. The van der Waals surface area contributed by atoms with Crippen LogP contribution in [-0.2, 0) is 0 Å². The quantitative estimate of drug-likeness (QED) is 0.434. The SMILES string of the molecule is C[C@H]1CC(n2ccc3cc(Nc4ncc5cc(C#N)c(=O)n(C6CCCC6)c5n4)ccc32)CCN1C. The van der Waals surface area contributed by atoms with E-state index >= 15 is 0 Å². The van der Waals surface area contributed by atoms with Gasteiger partial charge in [-0.2, -0.15) is 10.2 Å². The molecule has 0 radical (unpaired) electrons. The molecule has 4 aromatic rings. The number of fused-ring (bicyclic) bond motifs is 2. The number of anilines is 2. The first-order valence-corrected chi connectivity index (χ1v) is 12.9. The van der Waals surface area contributed by atoms with E-state index in [1.165, 1.54) is 10.9 Å². The van der Waals surface area contributed by atoms with Crippen LogP contribution in [0, 0.1) is 11.3 Å². The van der Waals surface area contributed by atoms with Crippen LogP contribution < -0.4 is 10.9 Å². The average Bonchev–Trinajstić information content (AvgIpc) is 3.55. The highest BCUT2D eigenvalue weighted by atomic mass is 16.1. The number of likely N-dealkylation sites (tertiary alicyclic amines) is 1. The minimum Gasteiger partial charge on any atom is -0.344 e. The number of nitriles is 1. The van der Waals surface area contributed by atoms with Crippen molar-refractivity contribution in [2.75, 3.05) is 18.9 Å². The number of hydrogen-bond acceptors (Lipinski definition) is 6. The standard InChI is InChI=1S/C28H31N7O/c1-18-13-24(10-11-33(18)2)34-12-9-19-15-22(7-8-25(19)34)31-28-30-17-21-14-20(16-29)27(36)35(26(21)32-28)23-5-3-4-6-23/h7-9,12,14-15,17-18,23-24H,3-6,10-11,13H2,1-2H3,(H,30,31,32)/t18-,24?/m0/s1. The van der Waals surface area contributed by atoms with Gasteiger partial charge in [0.2, 0.25) is 5.95 Å². The van der Waals surface area contributed by atoms with Crippen LogP contribution in [0.1, 0.15) is 63.1 Å². The molecule has 1 aliphatic carbocycles. The lowest BCUT2D eigenvalue weighted by Crippen LogP contribution is -2.38. The zero-order valence-corrected chi connectivity index (χ0v) is 20.8. The van der Waals surface area contributed by atoms with Gasteiger partial charge in [-0.1, -0.05) is 12.8 Å². The number of nitrogens with zero attached hydrogens (tertiary/aromatic N) is 6. The van der Waals surface area contributed by atoms with Crippen LogP contribution in [0.3, 0.4) is 0 Å². The number of rotatable bonds is 4. The molecule has 0 bridgehead atoms. The Morgan fingerprint density at radius 1 is 1.08 bits per heavy atom. The van der Waals surface area contributed by atoms with Gasteiger partial charge in [0.15, 0.2) is 0 Å². The third-order valence-corrected chi connectivity index (χ3v) is 8.13. The molecule has 6 rings (SSSR count).